The van der Waals surface area contributed by atoms with E-state index >= 15 is 0 Å². The number of nitrogens with one attached hydrogen (secondary N) is 1. The summed E-state index contributed by atoms with van der Waals surface area (Å²) in [6.45, 7) is 4.27. The van der Waals surface area contributed by atoms with Crippen LogP contribution in [-0.2, 0) is 9.53 Å². The fourth-order valence-electron chi connectivity index (χ4n) is 2.63. The lowest BCUT2D eigenvalue weighted by molar-refractivity contribution is -0.140. The first kappa shape index (κ1) is 12.8. The summed E-state index contributed by atoms with van der Waals surface area (Å²) in [5, 5.41) is 3.11. The van der Waals surface area contributed by atoms with Gasteiger partial charge in [0.2, 0.25) is 5.91 Å². The molecule has 0 spiro atoms. The molecule has 2 atom stereocenters. The zero-order valence-electron chi connectivity index (χ0n) is 10.8. The third kappa shape index (κ3) is 2.97. The van der Waals surface area contributed by atoms with Gasteiger partial charge in [-0.15, -0.1) is 0 Å². The summed E-state index contributed by atoms with van der Waals surface area (Å²) in [6.07, 6.45) is 2.61. The summed E-state index contributed by atoms with van der Waals surface area (Å²) in [7, 11) is 3.78. The van der Waals surface area contributed by atoms with E-state index in [-0.39, 0.29) is 11.9 Å². The van der Waals surface area contributed by atoms with Crippen LogP contribution in [0.2, 0.25) is 0 Å². The summed E-state index contributed by atoms with van der Waals surface area (Å²) in [6, 6.07) is -0.0250. The molecule has 2 fully saturated rings. The van der Waals surface area contributed by atoms with Crippen LogP contribution in [0.3, 0.4) is 0 Å². The Morgan fingerprint density at radius 1 is 1.47 bits per heavy atom. The zero-order chi connectivity index (χ0) is 12.3. The Hall–Kier alpha value is -0.650. The average molecular weight is 241 g/mol. The number of ether oxygens (including phenoxy) is 1. The Bertz CT molecular complexity index is 266. The highest BCUT2D eigenvalue weighted by atomic mass is 16.5. The minimum Gasteiger partial charge on any atom is -0.377 e. The Morgan fingerprint density at radius 2 is 2.29 bits per heavy atom. The summed E-state index contributed by atoms with van der Waals surface area (Å²) in [4.78, 5) is 16.2. The van der Waals surface area contributed by atoms with Crippen LogP contribution in [0.1, 0.15) is 12.8 Å². The molecule has 2 saturated heterocycles. The van der Waals surface area contributed by atoms with Gasteiger partial charge < -0.3 is 15.0 Å². The van der Waals surface area contributed by atoms with E-state index in [1.807, 2.05) is 19.0 Å². The Labute approximate surface area is 103 Å². The number of amides is 1. The van der Waals surface area contributed by atoms with E-state index in [9.17, 15) is 4.79 Å². The maximum absolute atomic E-state index is 12.1. The predicted octanol–water partition coefficient (Wildman–Crippen LogP) is -0.473. The Balaban J connectivity index is 1.95. The highest BCUT2D eigenvalue weighted by Crippen LogP contribution is 2.17. The lowest BCUT2D eigenvalue weighted by atomic mass is 10.1. The Kier molecular flexibility index (Phi) is 4.36. The maximum Gasteiger partial charge on any atom is 0.241 e. The molecule has 2 rings (SSSR count). The fourth-order valence-corrected chi connectivity index (χ4v) is 2.63. The van der Waals surface area contributed by atoms with Crippen molar-refractivity contribution >= 4 is 5.91 Å². The van der Waals surface area contributed by atoms with Crippen LogP contribution in [0.15, 0.2) is 0 Å². The molecule has 2 unspecified atom stereocenters. The molecule has 1 N–H and O–H groups in total. The highest BCUT2D eigenvalue weighted by molar-refractivity contribution is 5.82. The lowest BCUT2D eigenvalue weighted by Crippen LogP contribution is -2.60. The van der Waals surface area contributed by atoms with Gasteiger partial charge in [-0.25, -0.2) is 0 Å². The number of carbonyl (C=O) groups is 1. The van der Waals surface area contributed by atoms with Gasteiger partial charge in [-0.2, -0.15) is 0 Å². The van der Waals surface area contributed by atoms with Crippen molar-refractivity contribution in [1.82, 2.24) is 15.1 Å². The van der Waals surface area contributed by atoms with Crippen molar-refractivity contribution < 1.29 is 9.53 Å². The molecule has 2 aliphatic heterocycles. The predicted molar refractivity (Wildman–Crippen MR) is 65.9 cm³/mol. The van der Waals surface area contributed by atoms with Crippen LogP contribution in [0, 0.1) is 0 Å². The summed E-state index contributed by atoms with van der Waals surface area (Å²) >= 11 is 0. The zero-order valence-corrected chi connectivity index (χ0v) is 10.8. The van der Waals surface area contributed by atoms with E-state index in [1.54, 1.807) is 0 Å². The van der Waals surface area contributed by atoms with E-state index in [2.05, 4.69) is 10.2 Å². The molecule has 0 radical (unpaired) electrons. The van der Waals surface area contributed by atoms with Gasteiger partial charge >= 0.3 is 0 Å². The van der Waals surface area contributed by atoms with Gasteiger partial charge in [0.1, 0.15) is 6.04 Å². The van der Waals surface area contributed by atoms with E-state index in [0.717, 1.165) is 45.6 Å². The van der Waals surface area contributed by atoms with E-state index in [0.29, 0.717) is 6.10 Å². The number of hydrogen-bond donors (Lipinski definition) is 1. The molecule has 0 saturated carbocycles. The van der Waals surface area contributed by atoms with Crippen LogP contribution in [-0.4, -0.2) is 74.7 Å². The molecule has 2 heterocycles. The molecule has 2 aliphatic rings. The molecule has 0 aromatic carbocycles. The van der Waals surface area contributed by atoms with Gasteiger partial charge in [0.05, 0.1) is 6.10 Å². The average Bonchev–Trinajstić information content (AvgIpc) is 2.81. The first-order chi connectivity index (χ1) is 8.22. The molecule has 98 valence electrons. The van der Waals surface area contributed by atoms with E-state index in [1.165, 1.54) is 0 Å². The first-order valence-corrected chi connectivity index (χ1v) is 6.47. The largest absolute Gasteiger partial charge is 0.377 e. The van der Waals surface area contributed by atoms with Crippen molar-refractivity contribution in [2.45, 2.75) is 25.0 Å². The first-order valence-electron chi connectivity index (χ1n) is 6.47. The summed E-state index contributed by atoms with van der Waals surface area (Å²) in [5.74, 6) is 0.226. The van der Waals surface area contributed by atoms with E-state index in [4.69, 9.17) is 4.74 Å². The standard InChI is InChI=1S/C12H23N3O2/c1-13-8-11-12(16)14(2)5-6-15(11)9-10-4-3-7-17-10/h10-11,13H,3-9H2,1-2H3. The van der Waals surface area contributed by atoms with Crippen LogP contribution < -0.4 is 5.32 Å². The minimum absolute atomic E-state index is 0.0250. The number of carbonyl (C=O) groups excluding carboxylic acids is 1. The van der Waals surface area contributed by atoms with Gasteiger partial charge in [0.25, 0.3) is 0 Å². The van der Waals surface area contributed by atoms with Gasteiger partial charge in [-0.1, -0.05) is 0 Å². The van der Waals surface area contributed by atoms with Gasteiger partial charge in [0.15, 0.2) is 0 Å². The van der Waals surface area contributed by atoms with Gasteiger partial charge in [-0.3, -0.25) is 9.69 Å². The van der Waals surface area contributed by atoms with Gasteiger partial charge in [-0.05, 0) is 19.9 Å². The smallest absolute Gasteiger partial charge is 0.241 e. The second-order valence-corrected chi connectivity index (χ2v) is 4.96. The molecular weight excluding hydrogens is 218 g/mol. The lowest BCUT2D eigenvalue weighted by Gasteiger charge is -2.40. The number of rotatable bonds is 4. The SMILES string of the molecule is CNCC1C(=O)N(C)CCN1CC1CCCO1. The quantitative estimate of drug-likeness (QED) is 0.722. The molecule has 17 heavy (non-hydrogen) atoms. The van der Waals surface area contributed by atoms with Crippen molar-refractivity contribution in [2.75, 3.05) is 46.9 Å². The number of piperazine rings is 1. The van der Waals surface area contributed by atoms with Crippen molar-refractivity contribution in [2.24, 2.45) is 0 Å². The molecule has 1 amide bonds. The van der Waals surface area contributed by atoms with Crippen molar-refractivity contribution in [1.29, 1.82) is 0 Å². The molecule has 0 aromatic heterocycles. The molecule has 0 aromatic rings. The van der Waals surface area contributed by atoms with Crippen molar-refractivity contribution in [3.8, 4) is 0 Å². The van der Waals surface area contributed by atoms with Crippen LogP contribution >= 0.6 is 0 Å². The number of hydrogen-bond acceptors (Lipinski definition) is 4. The minimum atomic E-state index is -0.0250. The molecule has 5 heteroatoms. The Morgan fingerprint density at radius 3 is 2.94 bits per heavy atom. The van der Waals surface area contributed by atoms with Crippen molar-refractivity contribution in [3.05, 3.63) is 0 Å². The van der Waals surface area contributed by atoms with Gasteiger partial charge in [0, 0.05) is 39.8 Å². The maximum atomic E-state index is 12.1. The summed E-state index contributed by atoms with van der Waals surface area (Å²) in [5.41, 5.74) is 0. The highest BCUT2D eigenvalue weighted by Gasteiger charge is 2.34. The van der Waals surface area contributed by atoms with Crippen LogP contribution in [0.4, 0.5) is 0 Å². The fraction of sp³-hybridized carbons (Fsp3) is 0.917. The van der Waals surface area contributed by atoms with E-state index < -0.39 is 0 Å². The number of nitrogens with zero attached hydrogens (tertiary/aromatic N) is 2. The second kappa shape index (κ2) is 5.80. The molecule has 5 nitrogen and oxygen atoms in total. The normalized spacial score (nSPS) is 31.2. The topological polar surface area (TPSA) is 44.8 Å². The van der Waals surface area contributed by atoms with Crippen LogP contribution in [0.5, 0.6) is 0 Å². The third-order valence-corrected chi connectivity index (χ3v) is 3.68. The molecule has 0 aliphatic carbocycles. The third-order valence-electron chi connectivity index (χ3n) is 3.68. The molecular formula is C12H23N3O2. The molecule has 0 bridgehead atoms. The summed E-state index contributed by atoms with van der Waals surface area (Å²) < 4.78 is 5.66. The van der Waals surface area contributed by atoms with Crippen molar-refractivity contribution in [3.63, 3.8) is 0 Å². The monoisotopic (exact) mass is 241 g/mol. The second-order valence-electron chi connectivity index (χ2n) is 4.96. The van der Waals surface area contributed by atoms with Crippen LogP contribution in [0.25, 0.3) is 0 Å². The number of likely N-dealkylation sites (N-methyl/N-ethyl adjacent to an activating group) is 2.